The van der Waals surface area contributed by atoms with E-state index in [-0.39, 0.29) is 29.6 Å². The second-order valence-corrected chi connectivity index (χ2v) is 11.9. The molecule has 10 nitrogen and oxygen atoms in total. The number of halogens is 1. The minimum absolute atomic E-state index is 0.0952. The number of ether oxygens (including phenoxy) is 4. The molecule has 186 valence electrons. The van der Waals surface area contributed by atoms with Crippen molar-refractivity contribution < 1.29 is 45.4 Å². The fourth-order valence-corrected chi connectivity index (χ4v) is 6.79. The van der Waals surface area contributed by atoms with Crippen molar-refractivity contribution in [1.82, 2.24) is 0 Å². The van der Waals surface area contributed by atoms with Gasteiger partial charge in [0.25, 0.3) is 9.05 Å². The van der Waals surface area contributed by atoms with Crippen LogP contribution in [0, 0.1) is 6.92 Å². The lowest BCUT2D eigenvalue weighted by atomic mass is 10.2. The number of aryl methyl sites for hydroxylation is 1. The first-order valence-electron chi connectivity index (χ1n) is 9.85. The lowest BCUT2D eigenvalue weighted by molar-refractivity contribution is -0.146. The van der Waals surface area contributed by atoms with E-state index in [1.54, 1.807) is 25.1 Å². The molecule has 2 aromatic carbocycles. The van der Waals surface area contributed by atoms with Crippen molar-refractivity contribution in [3.05, 3.63) is 54.1 Å². The average Bonchev–Trinajstić information content (AvgIpc) is 2.76. The monoisotopic (exact) mass is 534 g/mol. The lowest BCUT2D eigenvalue weighted by Crippen LogP contribution is -2.34. The van der Waals surface area contributed by atoms with E-state index >= 15 is 0 Å². The van der Waals surface area contributed by atoms with E-state index in [9.17, 15) is 26.4 Å². The number of hydrogen-bond donors (Lipinski definition) is 0. The average molecular weight is 535 g/mol. The van der Waals surface area contributed by atoms with Gasteiger partial charge < -0.3 is 18.9 Å². The Balaban J connectivity index is 2.05. The van der Waals surface area contributed by atoms with Gasteiger partial charge >= 0.3 is 11.9 Å². The van der Waals surface area contributed by atoms with Crippen molar-refractivity contribution in [2.75, 3.05) is 26.4 Å². The first-order valence-corrected chi connectivity index (χ1v) is 13.8. The normalized spacial score (nSPS) is 12.4. The van der Waals surface area contributed by atoms with Crippen molar-refractivity contribution in [3.8, 4) is 11.5 Å². The van der Waals surface area contributed by atoms with Crippen LogP contribution in [-0.4, -0.2) is 59.8 Å². The summed E-state index contributed by atoms with van der Waals surface area (Å²) in [4.78, 5) is 23.4. The van der Waals surface area contributed by atoms with Gasteiger partial charge in [-0.3, -0.25) is 0 Å². The summed E-state index contributed by atoms with van der Waals surface area (Å²) in [7, 11) is -3.79. The van der Waals surface area contributed by atoms with Gasteiger partial charge in [0.2, 0.25) is 14.4 Å². The molecule has 0 amide bonds. The van der Waals surface area contributed by atoms with Crippen LogP contribution >= 0.6 is 10.7 Å². The number of rotatable bonds is 12. The maximum Gasteiger partial charge on any atom is 0.344 e. The van der Waals surface area contributed by atoms with Crippen molar-refractivity contribution in [1.29, 1.82) is 0 Å². The molecule has 1 atom stereocenters. The second kappa shape index (κ2) is 12.0. The van der Waals surface area contributed by atoms with Crippen LogP contribution in [0.3, 0.4) is 0 Å². The first kappa shape index (κ1) is 27.4. The molecule has 0 saturated carbocycles. The van der Waals surface area contributed by atoms with E-state index in [4.69, 9.17) is 29.6 Å². The zero-order valence-electron chi connectivity index (χ0n) is 18.3. The molecule has 0 fully saturated rings. The Bertz CT molecular complexity index is 1230. The summed E-state index contributed by atoms with van der Waals surface area (Å²) >= 11 is 0. The van der Waals surface area contributed by atoms with Crippen LogP contribution in [0.25, 0.3) is 0 Å². The number of benzene rings is 2. The van der Waals surface area contributed by atoms with E-state index < -0.39 is 48.6 Å². The van der Waals surface area contributed by atoms with Crippen LogP contribution in [0.4, 0.5) is 0 Å². The van der Waals surface area contributed by atoms with E-state index in [2.05, 4.69) is 0 Å². The predicted octanol–water partition coefficient (Wildman–Crippen LogP) is 2.23. The fraction of sp³-hybridized carbons (Fsp3) is 0.333. The third-order valence-electron chi connectivity index (χ3n) is 4.29. The predicted molar refractivity (Wildman–Crippen MR) is 122 cm³/mol. The van der Waals surface area contributed by atoms with Gasteiger partial charge in [0.05, 0.1) is 11.5 Å². The molecule has 0 saturated heterocycles. The summed E-state index contributed by atoms with van der Waals surface area (Å²) in [5.74, 6) is -1.41. The third-order valence-corrected chi connectivity index (χ3v) is 9.43. The zero-order valence-corrected chi connectivity index (χ0v) is 20.7. The van der Waals surface area contributed by atoms with Crippen LogP contribution in [-0.2, 0) is 38.0 Å². The molecular weight excluding hydrogens is 512 g/mol. The van der Waals surface area contributed by atoms with E-state index in [1.165, 1.54) is 37.3 Å². The number of esters is 2. The number of hydrogen-bond acceptors (Lipinski definition) is 10. The quantitative estimate of drug-likeness (QED) is 0.294. The van der Waals surface area contributed by atoms with Crippen LogP contribution in [0.2, 0.25) is 0 Å². The summed E-state index contributed by atoms with van der Waals surface area (Å²) in [6.45, 7) is 1.21. The van der Waals surface area contributed by atoms with Gasteiger partial charge in [0.15, 0.2) is 24.7 Å². The minimum Gasteiger partial charge on any atom is -0.478 e. The molecule has 2 aromatic rings. The van der Waals surface area contributed by atoms with Gasteiger partial charge in [-0.25, -0.2) is 26.4 Å². The Kier molecular flexibility index (Phi) is 9.71. The Morgan fingerprint density at radius 1 is 0.853 bits per heavy atom. The summed E-state index contributed by atoms with van der Waals surface area (Å²) < 4.78 is 67.7. The molecular formula is C21H23ClO10S2. The van der Waals surface area contributed by atoms with Crippen LogP contribution in [0.15, 0.2) is 53.4 Å². The summed E-state index contributed by atoms with van der Waals surface area (Å²) in [5.41, 5.74) is 0.307. The highest BCUT2D eigenvalue weighted by atomic mass is 35.7. The maximum absolute atomic E-state index is 12.9. The molecule has 0 spiro atoms. The van der Waals surface area contributed by atoms with E-state index in [0.29, 0.717) is 5.56 Å². The van der Waals surface area contributed by atoms with Gasteiger partial charge in [0.1, 0.15) is 6.61 Å². The molecule has 2 rings (SSSR count). The Morgan fingerprint density at radius 2 is 1.35 bits per heavy atom. The van der Waals surface area contributed by atoms with E-state index in [1.807, 2.05) is 0 Å². The Morgan fingerprint density at radius 3 is 1.85 bits per heavy atom. The van der Waals surface area contributed by atoms with Crippen LogP contribution in [0.5, 0.6) is 11.5 Å². The molecule has 0 N–H and O–H groups in total. The highest BCUT2D eigenvalue weighted by Gasteiger charge is 2.40. The molecule has 0 aliphatic carbocycles. The van der Waals surface area contributed by atoms with Crippen LogP contribution < -0.4 is 9.47 Å². The number of carbonyl (C=O) groups excluding carboxylic acids is 2. The summed E-state index contributed by atoms with van der Waals surface area (Å²) in [5, 5.41) is 0. The second-order valence-electron chi connectivity index (χ2n) is 6.73. The maximum atomic E-state index is 12.9. The highest BCUT2D eigenvalue weighted by Crippen LogP contribution is 2.27. The van der Waals surface area contributed by atoms with Crippen molar-refractivity contribution in [3.63, 3.8) is 0 Å². The third kappa shape index (κ3) is 7.61. The molecule has 34 heavy (non-hydrogen) atoms. The summed E-state index contributed by atoms with van der Waals surface area (Å²) in [6.07, 6.45) is 0. The van der Waals surface area contributed by atoms with Crippen molar-refractivity contribution >= 4 is 41.5 Å². The number of sulfone groups is 1. The smallest absolute Gasteiger partial charge is 0.344 e. The molecule has 1 unspecified atom stereocenters. The lowest BCUT2D eigenvalue weighted by Gasteiger charge is -2.17. The zero-order chi connectivity index (χ0) is 25.4. The van der Waals surface area contributed by atoms with Gasteiger partial charge in [-0.1, -0.05) is 30.3 Å². The van der Waals surface area contributed by atoms with Crippen molar-refractivity contribution in [2.24, 2.45) is 0 Å². The minimum atomic E-state index is -4.67. The molecule has 0 aliphatic rings. The van der Waals surface area contributed by atoms with Gasteiger partial charge in [-0.05, 0) is 37.6 Å². The van der Waals surface area contributed by atoms with Gasteiger partial charge in [-0.15, -0.1) is 0 Å². The fourth-order valence-electron chi connectivity index (χ4n) is 2.71. The summed E-state index contributed by atoms with van der Waals surface area (Å²) in [6, 6.07) is 11.9. The van der Waals surface area contributed by atoms with Crippen LogP contribution in [0.1, 0.15) is 12.5 Å². The molecule has 0 radical (unpaired) electrons. The van der Waals surface area contributed by atoms with E-state index in [0.717, 1.165) is 0 Å². The number of carbonyl (C=O) groups is 2. The molecule has 0 aromatic heterocycles. The molecule has 0 aliphatic heterocycles. The van der Waals surface area contributed by atoms with Gasteiger partial charge in [-0.2, -0.15) is 0 Å². The van der Waals surface area contributed by atoms with Gasteiger partial charge in [0, 0.05) is 10.7 Å². The SMILES string of the molecule is CCOC(=O)COc1ccccc1OCC(=O)OCC(S(=O)(=O)Cl)S(=O)(=O)c1ccccc1C. The van der Waals surface area contributed by atoms with Crippen molar-refractivity contribution in [2.45, 2.75) is 23.3 Å². The highest BCUT2D eigenvalue weighted by molar-refractivity contribution is 8.22. The molecule has 0 heterocycles. The molecule has 13 heteroatoms. The first-order chi connectivity index (χ1) is 16.0. The Hall–Kier alpha value is -2.83. The largest absolute Gasteiger partial charge is 0.478 e. The number of para-hydroxylation sites is 2. The topological polar surface area (TPSA) is 139 Å². The standard InChI is InChI=1S/C21H23ClO10S2/c1-3-29-19(23)12-30-16-9-5-6-10-17(16)31-13-20(24)32-14-21(34(22,27)28)33(25,26)18-11-7-4-8-15(18)2/h4-11,21H,3,12-14H2,1-2H3. The molecule has 0 bridgehead atoms. The Labute approximate surface area is 202 Å².